The quantitative estimate of drug-likeness (QED) is 0.627. The van der Waals surface area contributed by atoms with E-state index in [1.165, 1.54) is 12.1 Å². The molecule has 2 heterocycles. The molecule has 1 aromatic carbocycles. The summed E-state index contributed by atoms with van der Waals surface area (Å²) in [6.07, 6.45) is 2.22. The van der Waals surface area contributed by atoms with Crippen LogP contribution in [0.2, 0.25) is 0 Å². The molecule has 0 amide bonds. The van der Waals surface area contributed by atoms with Gasteiger partial charge in [0, 0.05) is 30.8 Å². The first-order valence-electron chi connectivity index (χ1n) is 10.1. The molecule has 0 bridgehead atoms. The minimum atomic E-state index is -0.289. The van der Waals surface area contributed by atoms with Crippen molar-refractivity contribution in [3.05, 3.63) is 29.1 Å². The summed E-state index contributed by atoms with van der Waals surface area (Å²) >= 11 is 0. The van der Waals surface area contributed by atoms with E-state index in [1.54, 1.807) is 0 Å². The second-order valence-electron chi connectivity index (χ2n) is 8.25. The third kappa shape index (κ3) is 5.58. The Labute approximate surface area is 167 Å². The number of rotatable bonds is 4. The molecule has 1 saturated heterocycles. The lowest BCUT2D eigenvalue weighted by molar-refractivity contribution is -0.0772. The summed E-state index contributed by atoms with van der Waals surface area (Å²) in [5.74, 6) is 1.26. The molecule has 0 unspecified atom stereocenters. The standard InChI is InChI=1S/C21H32FN3O3/c1-5-23-20(25-8-6-18(7-9-25)28-21(2,3)4)24-12-15-10-17(22)11-16-13-26-14-27-19(15)16/h10-11,18H,5-9,12-14H2,1-4H3,(H,23,24). The maximum absolute atomic E-state index is 14.0. The highest BCUT2D eigenvalue weighted by atomic mass is 19.1. The highest BCUT2D eigenvalue weighted by Gasteiger charge is 2.26. The fraction of sp³-hybridized carbons (Fsp3) is 0.667. The number of guanidine groups is 1. The van der Waals surface area contributed by atoms with Gasteiger partial charge in [-0.3, -0.25) is 0 Å². The number of hydrogen-bond acceptors (Lipinski definition) is 4. The van der Waals surface area contributed by atoms with Crippen molar-refractivity contribution in [2.45, 2.75) is 65.4 Å². The van der Waals surface area contributed by atoms with E-state index < -0.39 is 0 Å². The summed E-state index contributed by atoms with van der Waals surface area (Å²) < 4.78 is 30.9. The Balaban J connectivity index is 1.68. The average Bonchev–Trinajstić information content (AvgIpc) is 2.64. The van der Waals surface area contributed by atoms with Gasteiger partial charge in [0.1, 0.15) is 11.6 Å². The summed E-state index contributed by atoms with van der Waals surface area (Å²) in [6, 6.07) is 2.97. The van der Waals surface area contributed by atoms with E-state index in [9.17, 15) is 4.39 Å². The molecule has 156 valence electrons. The lowest BCUT2D eigenvalue weighted by Crippen LogP contribution is -2.47. The van der Waals surface area contributed by atoms with Crippen LogP contribution in [0.3, 0.4) is 0 Å². The Kier molecular flexibility index (Phi) is 6.78. The van der Waals surface area contributed by atoms with Gasteiger partial charge < -0.3 is 24.4 Å². The van der Waals surface area contributed by atoms with Gasteiger partial charge in [-0.15, -0.1) is 0 Å². The summed E-state index contributed by atoms with van der Waals surface area (Å²) in [4.78, 5) is 7.01. The van der Waals surface area contributed by atoms with Gasteiger partial charge in [0.15, 0.2) is 12.8 Å². The highest BCUT2D eigenvalue weighted by Crippen LogP contribution is 2.30. The predicted molar refractivity (Wildman–Crippen MR) is 107 cm³/mol. The molecule has 1 N–H and O–H groups in total. The monoisotopic (exact) mass is 393 g/mol. The van der Waals surface area contributed by atoms with Crippen LogP contribution in [0.5, 0.6) is 5.75 Å². The fourth-order valence-electron chi connectivity index (χ4n) is 3.65. The Bertz CT molecular complexity index is 695. The minimum absolute atomic E-state index is 0.119. The van der Waals surface area contributed by atoms with Crippen molar-refractivity contribution in [2.75, 3.05) is 26.4 Å². The summed E-state index contributed by atoms with van der Waals surface area (Å²) in [5.41, 5.74) is 1.37. The van der Waals surface area contributed by atoms with Crippen molar-refractivity contribution in [2.24, 2.45) is 4.99 Å². The van der Waals surface area contributed by atoms with Gasteiger partial charge in [-0.1, -0.05) is 0 Å². The number of ether oxygens (including phenoxy) is 3. The van der Waals surface area contributed by atoms with Gasteiger partial charge in [-0.2, -0.15) is 0 Å². The number of hydrogen-bond donors (Lipinski definition) is 1. The lowest BCUT2D eigenvalue weighted by atomic mass is 10.1. The topological polar surface area (TPSA) is 55.3 Å². The van der Waals surface area contributed by atoms with Crippen LogP contribution in [0.15, 0.2) is 17.1 Å². The zero-order chi connectivity index (χ0) is 20.1. The van der Waals surface area contributed by atoms with E-state index in [0.29, 0.717) is 18.9 Å². The first-order chi connectivity index (χ1) is 13.4. The van der Waals surface area contributed by atoms with Gasteiger partial charge in [0.2, 0.25) is 0 Å². The number of piperidine rings is 1. The van der Waals surface area contributed by atoms with Crippen LogP contribution in [0.1, 0.15) is 51.7 Å². The normalized spacial score (nSPS) is 18.6. The first kappa shape index (κ1) is 20.9. The fourth-order valence-corrected chi connectivity index (χ4v) is 3.65. The van der Waals surface area contributed by atoms with Crippen LogP contribution >= 0.6 is 0 Å². The number of nitrogens with zero attached hydrogens (tertiary/aromatic N) is 2. The Morgan fingerprint density at radius 2 is 2.07 bits per heavy atom. The maximum atomic E-state index is 14.0. The van der Waals surface area contributed by atoms with Crippen molar-refractivity contribution >= 4 is 5.96 Å². The average molecular weight is 394 g/mol. The molecule has 0 atom stereocenters. The number of nitrogens with one attached hydrogen (secondary N) is 1. The van der Waals surface area contributed by atoms with Gasteiger partial charge in [0.05, 0.1) is 24.9 Å². The molecule has 2 aliphatic rings. The SMILES string of the molecule is CCNC(=NCc1cc(F)cc2c1OCOC2)N1CCC(OC(C)(C)C)CC1. The summed E-state index contributed by atoms with van der Waals surface area (Å²) in [7, 11) is 0. The number of benzene rings is 1. The van der Waals surface area contributed by atoms with Crippen LogP contribution in [-0.2, 0) is 22.6 Å². The zero-order valence-electron chi connectivity index (χ0n) is 17.4. The lowest BCUT2D eigenvalue weighted by Gasteiger charge is -2.37. The Hall–Kier alpha value is -1.86. The van der Waals surface area contributed by atoms with Crippen molar-refractivity contribution in [1.82, 2.24) is 10.2 Å². The molecule has 0 saturated carbocycles. The molecule has 0 aromatic heterocycles. The van der Waals surface area contributed by atoms with Gasteiger partial charge in [-0.25, -0.2) is 9.38 Å². The second-order valence-corrected chi connectivity index (χ2v) is 8.25. The molecule has 1 aromatic rings. The van der Waals surface area contributed by atoms with E-state index in [1.807, 2.05) is 0 Å². The zero-order valence-corrected chi connectivity index (χ0v) is 17.4. The van der Waals surface area contributed by atoms with Crippen LogP contribution in [-0.4, -0.2) is 49.0 Å². The van der Waals surface area contributed by atoms with Gasteiger partial charge in [0.25, 0.3) is 0 Å². The van der Waals surface area contributed by atoms with Crippen molar-refractivity contribution in [3.63, 3.8) is 0 Å². The van der Waals surface area contributed by atoms with Crippen LogP contribution in [0.25, 0.3) is 0 Å². The second kappa shape index (κ2) is 9.09. The molecule has 2 aliphatic heterocycles. The third-order valence-electron chi connectivity index (χ3n) is 4.75. The number of likely N-dealkylation sites (tertiary alicyclic amines) is 1. The Morgan fingerprint density at radius 1 is 1.32 bits per heavy atom. The van der Waals surface area contributed by atoms with E-state index in [2.05, 4.69) is 37.9 Å². The van der Waals surface area contributed by atoms with E-state index in [4.69, 9.17) is 19.2 Å². The van der Waals surface area contributed by atoms with Crippen molar-refractivity contribution in [1.29, 1.82) is 0 Å². The number of fused-ring (bicyclic) bond motifs is 1. The molecule has 7 heteroatoms. The molecule has 0 aliphatic carbocycles. The van der Waals surface area contributed by atoms with Crippen molar-refractivity contribution in [3.8, 4) is 5.75 Å². The van der Waals surface area contributed by atoms with E-state index in [0.717, 1.165) is 49.6 Å². The molecule has 3 rings (SSSR count). The van der Waals surface area contributed by atoms with Crippen molar-refractivity contribution < 1.29 is 18.6 Å². The largest absolute Gasteiger partial charge is 0.467 e. The van der Waals surface area contributed by atoms with Crippen LogP contribution < -0.4 is 10.1 Å². The molecule has 1 fully saturated rings. The molecule has 0 radical (unpaired) electrons. The third-order valence-corrected chi connectivity index (χ3v) is 4.75. The summed E-state index contributed by atoms with van der Waals surface area (Å²) in [5, 5.41) is 3.36. The van der Waals surface area contributed by atoms with Crippen LogP contribution in [0.4, 0.5) is 4.39 Å². The predicted octanol–water partition coefficient (Wildman–Crippen LogP) is 3.44. The summed E-state index contributed by atoms with van der Waals surface area (Å²) in [6.45, 7) is 11.8. The molecule has 28 heavy (non-hydrogen) atoms. The highest BCUT2D eigenvalue weighted by molar-refractivity contribution is 5.80. The van der Waals surface area contributed by atoms with E-state index in [-0.39, 0.29) is 24.3 Å². The smallest absolute Gasteiger partial charge is 0.194 e. The Morgan fingerprint density at radius 3 is 2.75 bits per heavy atom. The van der Waals surface area contributed by atoms with Gasteiger partial charge >= 0.3 is 0 Å². The first-order valence-corrected chi connectivity index (χ1v) is 10.1. The number of halogens is 1. The molecular weight excluding hydrogens is 361 g/mol. The molecule has 6 nitrogen and oxygen atoms in total. The minimum Gasteiger partial charge on any atom is -0.467 e. The molecule has 0 spiro atoms. The van der Waals surface area contributed by atoms with E-state index >= 15 is 0 Å². The van der Waals surface area contributed by atoms with Crippen LogP contribution in [0, 0.1) is 5.82 Å². The molecular formula is C21H32FN3O3. The maximum Gasteiger partial charge on any atom is 0.194 e. The number of aliphatic imine (C=N–C) groups is 1. The van der Waals surface area contributed by atoms with Gasteiger partial charge in [-0.05, 0) is 52.7 Å².